The van der Waals surface area contributed by atoms with Gasteiger partial charge in [0.05, 0.1) is 27.0 Å². The zero-order valence-corrected chi connectivity index (χ0v) is 19.1. The van der Waals surface area contributed by atoms with Gasteiger partial charge in [0, 0.05) is 5.56 Å². The molecule has 0 aliphatic rings. The fraction of sp³-hybridized carbons (Fsp3) is 0.182. The number of nitrogens with one attached hydrogen (secondary N) is 1. The molecule has 0 aliphatic carbocycles. The molecule has 0 saturated heterocycles. The lowest BCUT2D eigenvalue weighted by Crippen LogP contribution is -2.19. The van der Waals surface area contributed by atoms with Crippen LogP contribution < -0.4 is 25.4 Å². The van der Waals surface area contributed by atoms with Crippen molar-refractivity contribution >= 4 is 17.9 Å². The van der Waals surface area contributed by atoms with E-state index >= 15 is 0 Å². The minimum Gasteiger partial charge on any atom is -0.494 e. The second-order valence-corrected chi connectivity index (χ2v) is 6.95. The highest BCUT2D eigenvalue weighted by molar-refractivity contribution is 5.99. The Bertz CT molecular complexity index is 1360. The largest absolute Gasteiger partial charge is 0.494 e. The molecule has 0 atom stereocenters. The number of ether oxygens (including phenoxy) is 3. The van der Waals surface area contributed by atoms with Gasteiger partial charge >= 0.3 is 0 Å². The predicted molar refractivity (Wildman–Crippen MR) is 125 cm³/mol. The molecule has 2 heterocycles. The number of carbonyl (C=O) groups is 1. The fourth-order valence-corrected chi connectivity index (χ4v) is 3.23. The number of hydrazone groups is 1. The van der Waals surface area contributed by atoms with Gasteiger partial charge in [-0.2, -0.15) is 9.78 Å². The maximum atomic E-state index is 13.0. The van der Waals surface area contributed by atoms with Gasteiger partial charge in [-0.05, 0) is 53.1 Å². The molecule has 0 aliphatic heterocycles. The molecule has 0 saturated carbocycles. The third-order valence-electron chi connectivity index (χ3n) is 4.79. The van der Waals surface area contributed by atoms with E-state index in [-0.39, 0.29) is 17.3 Å². The second-order valence-electron chi connectivity index (χ2n) is 6.95. The van der Waals surface area contributed by atoms with E-state index < -0.39 is 5.91 Å². The van der Waals surface area contributed by atoms with E-state index in [0.29, 0.717) is 40.7 Å². The smallest absolute Gasteiger partial charge is 0.294 e. The lowest BCUT2D eigenvalue weighted by atomic mass is 10.1. The van der Waals surface area contributed by atoms with Gasteiger partial charge in [0.25, 0.3) is 5.91 Å². The van der Waals surface area contributed by atoms with Gasteiger partial charge in [0.1, 0.15) is 11.4 Å². The molecule has 0 bridgehead atoms. The van der Waals surface area contributed by atoms with Crippen LogP contribution in [0.4, 0.5) is 5.82 Å². The number of benzene rings is 2. The van der Waals surface area contributed by atoms with Crippen LogP contribution in [0.25, 0.3) is 17.1 Å². The fourth-order valence-electron chi connectivity index (χ4n) is 3.23. The van der Waals surface area contributed by atoms with E-state index in [9.17, 15) is 4.79 Å². The van der Waals surface area contributed by atoms with Crippen LogP contribution in [0.15, 0.2) is 52.2 Å². The number of rotatable bonds is 9. The summed E-state index contributed by atoms with van der Waals surface area (Å²) in [7, 11) is 3.08. The SMILES string of the molecule is CCOc1cccc(-c2c(C(=O)N/N=C/c3ccc(OC)c(OC)c3)nnn2-c2nonc2N)c1. The number of hydrogen-bond acceptors (Lipinski definition) is 11. The Labute approximate surface area is 199 Å². The molecule has 3 N–H and O–H groups in total. The minimum absolute atomic E-state index is 0.0180. The lowest BCUT2D eigenvalue weighted by molar-refractivity contribution is 0.0950. The normalized spacial score (nSPS) is 10.9. The van der Waals surface area contributed by atoms with Crippen LogP contribution in [0.3, 0.4) is 0 Å². The molecule has 0 fully saturated rings. The van der Waals surface area contributed by atoms with Crippen molar-refractivity contribution in [3.8, 4) is 34.3 Å². The first kappa shape index (κ1) is 23.2. The molecule has 180 valence electrons. The Morgan fingerprint density at radius 2 is 2.00 bits per heavy atom. The summed E-state index contributed by atoms with van der Waals surface area (Å²) in [6.07, 6.45) is 1.46. The highest BCUT2D eigenvalue weighted by atomic mass is 16.6. The Morgan fingerprint density at radius 1 is 1.17 bits per heavy atom. The van der Waals surface area contributed by atoms with Crippen LogP contribution >= 0.6 is 0 Å². The summed E-state index contributed by atoms with van der Waals surface area (Å²) in [5.74, 6) is 1.16. The predicted octanol–water partition coefficient (Wildman–Crippen LogP) is 2.08. The second kappa shape index (κ2) is 10.3. The molecule has 13 nitrogen and oxygen atoms in total. The maximum absolute atomic E-state index is 13.0. The van der Waals surface area contributed by atoms with Crippen LogP contribution in [0, 0.1) is 0 Å². The maximum Gasteiger partial charge on any atom is 0.294 e. The van der Waals surface area contributed by atoms with Crippen LogP contribution in [0.2, 0.25) is 0 Å². The molecule has 13 heteroatoms. The highest BCUT2D eigenvalue weighted by Gasteiger charge is 2.25. The van der Waals surface area contributed by atoms with Gasteiger partial charge < -0.3 is 19.9 Å². The van der Waals surface area contributed by atoms with E-state index in [1.54, 1.807) is 49.6 Å². The Morgan fingerprint density at radius 3 is 2.71 bits per heavy atom. The molecule has 1 amide bonds. The van der Waals surface area contributed by atoms with Crippen LogP contribution in [-0.4, -0.2) is 58.3 Å². The molecule has 0 radical (unpaired) electrons. The molecule has 0 spiro atoms. The summed E-state index contributed by atoms with van der Waals surface area (Å²) in [4.78, 5) is 13.0. The first-order chi connectivity index (χ1) is 17.0. The Balaban J connectivity index is 1.66. The first-order valence-electron chi connectivity index (χ1n) is 10.4. The van der Waals surface area contributed by atoms with Gasteiger partial charge in [0.15, 0.2) is 17.2 Å². The molecule has 2 aromatic carbocycles. The van der Waals surface area contributed by atoms with Crippen molar-refractivity contribution < 1.29 is 23.6 Å². The van der Waals surface area contributed by atoms with Crippen molar-refractivity contribution in [1.29, 1.82) is 0 Å². The van der Waals surface area contributed by atoms with Gasteiger partial charge in [-0.3, -0.25) is 4.79 Å². The number of amides is 1. The molecule has 0 unspecified atom stereocenters. The van der Waals surface area contributed by atoms with E-state index in [1.165, 1.54) is 18.0 Å². The van der Waals surface area contributed by atoms with Crippen molar-refractivity contribution in [2.75, 3.05) is 26.6 Å². The molecular weight excluding hydrogens is 456 g/mol. The quantitative estimate of drug-likeness (QED) is 0.269. The van der Waals surface area contributed by atoms with E-state index in [2.05, 4.69) is 31.2 Å². The summed E-state index contributed by atoms with van der Waals surface area (Å²) in [6.45, 7) is 2.34. The van der Waals surface area contributed by atoms with Crippen molar-refractivity contribution in [2.45, 2.75) is 6.92 Å². The highest BCUT2D eigenvalue weighted by Crippen LogP contribution is 2.29. The number of nitrogens with two attached hydrogens (primary N) is 1. The van der Waals surface area contributed by atoms with Gasteiger partial charge in [-0.15, -0.1) is 5.10 Å². The first-order valence-corrected chi connectivity index (χ1v) is 10.4. The van der Waals surface area contributed by atoms with Gasteiger partial charge in [0.2, 0.25) is 11.6 Å². The standard InChI is InChI=1S/C22H22N8O5/c1-4-34-15-7-5-6-14(11-15)19-18(25-29-30(19)21-20(23)27-35-28-21)22(31)26-24-12-13-8-9-16(32-2)17(10-13)33-3/h5-12H,4H2,1-3H3,(H2,23,27)(H,26,31)/b24-12+. The van der Waals surface area contributed by atoms with Gasteiger partial charge in [-0.25, -0.2) is 10.1 Å². The van der Waals surface area contributed by atoms with Gasteiger partial charge in [-0.1, -0.05) is 17.3 Å². The number of carbonyl (C=O) groups excluding carboxylic acids is 1. The zero-order chi connectivity index (χ0) is 24.8. The third-order valence-corrected chi connectivity index (χ3v) is 4.79. The molecule has 2 aromatic heterocycles. The number of hydrogen-bond donors (Lipinski definition) is 2. The number of aromatic nitrogens is 5. The van der Waals surface area contributed by atoms with Crippen molar-refractivity contribution in [3.05, 3.63) is 53.7 Å². The monoisotopic (exact) mass is 478 g/mol. The van der Waals surface area contributed by atoms with E-state index in [0.717, 1.165) is 0 Å². The number of nitrogen functional groups attached to an aromatic ring is 1. The van der Waals surface area contributed by atoms with Crippen molar-refractivity contribution in [1.82, 2.24) is 30.7 Å². The zero-order valence-electron chi connectivity index (χ0n) is 19.1. The summed E-state index contributed by atoms with van der Waals surface area (Å²) < 4.78 is 22.0. The van der Waals surface area contributed by atoms with Crippen LogP contribution in [0.1, 0.15) is 23.0 Å². The van der Waals surface area contributed by atoms with Crippen molar-refractivity contribution in [3.63, 3.8) is 0 Å². The summed E-state index contributed by atoms with van der Waals surface area (Å²) in [5.41, 5.74) is 9.84. The molecule has 4 aromatic rings. The van der Waals surface area contributed by atoms with E-state index in [1.807, 2.05) is 6.92 Å². The lowest BCUT2D eigenvalue weighted by Gasteiger charge is -2.08. The molecule has 35 heavy (non-hydrogen) atoms. The average molecular weight is 478 g/mol. The Kier molecular flexibility index (Phi) is 6.86. The molecular formula is C22H22N8O5. The molecule has 4 rings (SSSR count). The topological polar surface area (TPSA) is 165 Å². The summed E-state index contributed by atoms with van der Waals surface area (Å²) in [6, 6.07) is 12.3. The summed E-state index contributed by atoms with van der Waals surface area (Å²) in [5, 5.41) is 19.4. The number of methoxy groups -OCH3 is 2. The minimum atomic E-state index is -0.611. The van der Waals surface area contributed by atoms with Crippen molar-refractivity contribution in [2.24, 2.45) is 5.10 Å². The number of nitrogens with zero attached hydrogens (tertiary/aromatic N) is 6. The third kappa shape index (κ3) is 4.88. The van der Waals surface area contributed by atoms with Crippen LogP contribution in [0.5, 0.6) is 17.2 Å². The van der Waals surface area contributed by atoms with Crippen LogP contribution in [-0.2, 0) is 0 Å². The Hall–Kier alpha value is -4.94. The number of anilines is 1. The average Bonchev–Trinajstić information content (AvgIpc) is 3.50. The van der Waals surface area contributed by atoms with E-state index in [4.69, 9.17) is 24.6 Å². The summed E-state index contributed by atoms with van der Waals surface area (Å²) >= 11 is 0.